The van der Waals surface area contributed by atoms with Gasteiger partial charge in [-0.05, 0) is 12.8 Å². The number of rotatable bonds is 4. The van der Waals surface area contributed by atoms with Crippen molar-refractivity contribution in [1.29, 1.82) is 0 Å². The van der Waals surface area contributed by atoms with Crippen molar-refractivity contribution in [1.82, 2.24) is 0 Å². The molecule has 4 atom stereocenters. The van der Waals surface area contributed by atoms with Gasteiger partial charge in [0.05, 0.1) is 38.3 Å². The van der Waals surface area contributed by atoms with Crippen molar-refractivity contribution in [2.24, 2.45) is 11.8 Å². The number of methoxy groups -OCH3 is 4. The number of esters is 2. The van der Waals surface area contributed by atoms with Gasteiger partial charge in [0.15, 0.2) is 0 Å². The van der Waals surface area contributed by atoms with Gasteiger partial charge in [0, 0.05) is 14.2 Å². The lowest BCUT2D eigenvalue weighted by Gasteiger charge is -2.37. The number of ether oxygens (including phenoxy) is 4. The minimum absolute atomic E-state index is 0.222. The second kappa shape index (κ2) is 6.70. The Hall–Kier alpha value is -1.14. The molecule has 1 saturated carbocycles. The van der Waals surface area contributed by atoms with Crippen LogP contribution in [0.15, 0.2) is 0 Å². The van der Waals surface area contributed by atoms with Crippen molar-refractivity contribution in [2.45, 2.75) is 25.0 Å². The molecule has 1 aliphatic rings. The van der Waals surface area contributed by atoms with Crippen LogP contribution < -0.4 is 0 Å². The molecule has 0 aromatic rings. The molecule has 6 nitrogen and oxygen atoms in total. The second-order valence-electron chi connectivity index (χ2n) is 4.28. The summed E-state index contributed by atoms with van der Waals surface area (Å²) in [5.74, 6) is -1.92. The summed E-state index contributed by atoms with van der Waals surface area (Å²) in [6.07, 6.45) is 0.336. The van der Waals surface area contributed by atoms with Crippen molar-refractivity contribution in [3.63, 3.8) is 0 Å². The van der Waals surface area contributed by atoms with Gasteiger partial charge in [-0.15, -0.1) is 0 Å². The van der Waals surface area contributed by atoms with Crippen LogP contribution in [0, 0.1) is 11.8 Å². The Morgan fingerprint density at radius 3 is 1.33 bits per heavy atom. The van der Waals surface area contributed by atoms with Crippen LogP contribution in [0.2, 0.25) is 0 Å². The minimum atomic E-state index is -0.543. The van der Waals surface area contributed by atoms with Crippen molar-refractivity contribution in [2.75, 3.05) is 28.4 Å². The molecule has 0 aromatic carbocycles. The molecule has 0 aromatic heterocycles. The Bertz CT molecular complexity index is 273. The number of carbonyl (C=O) groups excluding carboxylic acids is 2. The molecule has 1 fully saturated rings. The van der Waals surface area contributed by atoms with Gasteiger partial charge in [-0.1, -0.05) is 0 Å². The van der Waals surface area contributed by atoms with Gasteiger partial charge in [0.25, 0.3) is 0 Å². The predicted octanol–water partition coefficient (Wildman–Crippen LogP) is 0.389. The van der Waals surface area contributed by atoms with Gasteiger partial charge >= 0.3 is 11.9 Å². The summed E-state index contributed by atoms with van der Waals surface area (Å²) < 4.78 is 20.1. The van der Waals surface area contributed by atoms with Crippen molar-refractivity contribution >= 4 is 11.9 Å². The zero-order chi connectivity index (χ0) is 13.7. The molecule has 0 radical (unpaired) electrons. The van der Waals surface area contributed by atoms with E-state index >= 15 is 0 Å². The summed E-state index contributed by atoms with van der Waals surface area (Å²) in [7, 11) is 5.73. The molecule has 0 saturated heterocycles. The quantitative estimate of drug-likeness (QED) is 0.681. The Morgan fingerprint density at radius 1 is 0.778 bits per heavy atom. The van der Waals surface area contributed by atoms with E-state index in [1.165, 1.54) is 14.2 Å². The summed E-state index contributed by atoms with van der Waals surface area (Å²) in [5.41, 5.74) is 0. The molecular weight excluding hydrogens is 240 g/mol. The predicted molar refractivity (Wildman–Crippen MR) is 61.8 cm³/mol. The maximum atomic E-state index is 11.7. The molecular formula is C12H20O6. The maximum absolute atomic E-state index is 11.7. The van der Waals surface area contributed by atoms with Crippen LogP contribution in [0.5, 0.6) is 0 Å². The van der Waals surface area contributed by atoms with Crippen molar-refractivity contribution in [3.8, 4) is 0 Å². The highest BCUT2D eigenvalue weighted by molar-refractivity contribution is 5.82. The van der Waals surface area contributed by atoms with Crippen LogP contribution >= 0.6 is 0 Å². The lowest BCUT2D eigenvalue weighted by molar-refractivity contribution is -0.169. The highest BCUT2D eigenvalue weighted by Gasteiger charge is 2.45. The number of carbonyl (C=O) groups is 2. The Labute approximate surface area is 107 Å². The molecule has 1 aliphatic carbocycles. The van der Waals surface area contributed by atoms with E-state index in [2.05, 4.69) is 0 Å². The third-order valence-electron chi connectivity index (χ3n) is 3.49. The third-order valence-corrected chi connectivity index (χ3v) is 3.49. The Kier molecular flexibility index (Phi) is 5.55. The fourth-order valence-corrected chi connectivity index (χ4v) is 2.45. The van der Waals surface area contributed by atoms with E-state index in [0.29, 0.717) is 12.8 Å². The fourth-order valence-electron chi connectivity index (χ4n) is 2.45. The van der Waals surface area contributed by atoms with Crippen LogP contribution in [0.25, 0.3) is 0 Å². The van der Waals surface area contributed by atoms with E-state index in [4.69, 9.17) is 18.9 Å². The first kappa shape index (κ1) is 14.9. The number of hydrogen-bond acceptors (Lipinski definition) is 6. The monoisotopic (exact) mass is 260 g/mol. The van der Waals surface area contributed by atoms with Crippen LogP contribution in [-0.2, 0) is 28.5 Å². The molecule has 1 rings (SSSR count). The molecule has 0 N–H and O–H groups in total. The van der Waals surface area contributed by atoms with Crippen LogP contribution in [0.3, 0.4) is 0 Å². The maximum Gasteiger partial charge on any atom is 0.309 e. The first-order valence-corrected chi connectivity index (χ1v) is 5.80. The molecule has 104 valence electrons. The fraction of sp³-hybridized carbons (Fsp3) is 0.833. The van der Waals surface area contributed by atoms with E-state index in [1.54, 1.807) is 14.2 Å². The molecule has 0 heterocycles. The smallest absolute Gasteiger partial charge is 0.309 e. The SMILES string of the molecule is COC(=O)[C@H]1CC(OC)C(OC)C[C@H]1C(=O)OC. The van der Waals surface area contributed by atoms with Crippen LogP contribution in [0.1, 0.15) is 12.8 Å². The molecule has 0 bridgehead atoms. The highest BCUT2D eigenvalue weighted by Crippen LogP contribution is 2.34. The van der Waals surface area contributed by atoms with Gasteiger partial charge in [0.1, 0.15) is 0 Å². The van der Waals surface area contributed by atoms with Gasteiger partial charge in [-0.3, -0.25) is 9.59 Å². The average Bonchev–Trinajstić information content (AvgIpc) is 2.43. The average molecular weight is 260 g/mol. The summed E-state index contributed by atoms with van der Waals surface area (Å²) in [5, 5.41) is 0. The molecule has 6 heteroatoms. The third kappa shape index (κ3) is 3.00. The van der Waals surface area contributed by atoms with E-state index in [0.717, 1.165) is 0 Å². The van der Waals surface area contributed by atoms with E-state index in [9.17, 15) is 9.59 Å². The largest absolute Gasteiger partial charge is 0.469 e. The lowest BCUT2D eigenvalue weighted by atomic mass is 9.76. The lowest BCUT2D eigenvalue weighted by Crippen LogP contribution is -2.47. The Morgan fingerprint density at radius 2 is 1.11 bits per heavy atom. The van der Waals surface area contributed by atoms with Gasteiger partial charge in [-0.2, -0.15) is 0 Å². The zero-order valence-electron chi connectivity index (χ0n) is 11.2. The minimum Gasteiger partial charge on any atom is -0.469 e. The number of hydrogen-bond donors (Lipinski definition) is 0. The van der Waals surface area contributed by atoms with Gasteiger partial charge in [0.2, 0.25) is 0 Å². The van der Waals surface area contributed by atoms with Gasteiger partial charge in [-0.25, -0.2) is 0 Å². The molecule has 2 unspecified atom stereocenters. The molecule has 0 amide bonds. The second-order valence-corrected chi connectivity index (χ2v) is 4.28. The van der Waals surface area contributed by atoms with E-state index < -0.39 is 23.8 Å². The highest BCUT2D eigenvalue weighted by atomic mass is 16.5. The topological polar surface area (TPSA) is 71.1 Å². The summed E-state index contributed by atoms with van der Waals surface area (Å²) in [6.45, 7) is 0. The van der Waals surface area contributed by atoms with E-state index in [1.807, 2.05) is 0 Å². The van der Waals surface area contributed by atoms with Crippen LogP contribution in [-0.4, -0.2) is 52.6 Å². The van der Waals surface area contributed by atoms with Crippen molar-refractivity contribution in [3.05, 3.63) is 0 Å². The summed E-state index contributed by atoms with van der Waals surface area (Å²) >= 11 is 0. The molecule has 18 heavy (non-hydrogen) atoms. The summed E-state index contributed by atoms with van der Waals surface area (Å²) in [6, 6.07) is 0. The standard InChI is InChI=1S/C12H20O6/c1-15-9-5-7(11(13)17-3)8(12(14)18-4)6-10(9)16-2/h7-10H,5-6H2,1-4H3/t7-,8+,9?,10?. The normalized spacial score (nSPS) is 31.8. The van der Waals surface area contributed by atoms with Crippen LogP contribution in [0.4, 0.5) is 0 Å². The van der Waals surface area contributed by atoms with Crippen molar-refractivity contribution < 1.29 is 28.5 Å². The first-order chi connectivity index (χ1) is 8.58. The van der Waals surface area contributed by atoms with E-state index in [-0.39, 0.29) is 12.2 Å². The Balaban J connectivity index is 2.90. The first-order valence-electron chi connectivity index (χ1n) is 5.80. The summed E-state index contributed by atoms with van der Waals surface area (Å²) in [4.78, 5) is 23.5. The van der Waals surface area contributed by atoms with Gasteiger partial charge < -0.3 is 18.9 Å². The zero-order valence-corrected chi connectivity index (χ0v) is 11.2. The molecule has 0 spiro atoms. The molecule has 0 aliphatic heterocycles.